The summed E-state index contributed by atoms with van der Waals surface area (Å²) in [4.78, 5) is 4.85. The SMILES string of the molecule is CCN(C)c1ccc2ccccc2c1-c1c(N(CC)c2ccccc2-c2ccccc2)ccc2ccccc12. The van der Waals surface area contributed by atoms with Crippen molar-refractivity contribution in [2.75, 3.05) is 29.9 Å². The largest absolute Gasteiger partial charge is 0.374 e. The van der Waals surface area contributed by atoms with Gasteiger partial charge in [-0.05, 0) is 59.2 Å². The van der Waals surface area contributed by atoms with E-state index in [-0.39, 0.29) is 0 Å². The van der Waals surface area contributed by atoms with Crippen LogP contribution in [0.5, 0.6) is 0 Å². The predicted molar refractivity (Wildman–Crippen MR) is 170 cm³/mol. The Morgan fingerprint density at radius 2 is 1.00 bits per heavy atom. The highest BCUT2D eigenvalue weighted by Crippen LogP contribution is 2.48. The zero-order chi connectivity index (χ0) is 26.8. The van der Waals surface area contributed by atoms with Crippen LogP contribution in [0.3, 0.4) is 0 Å². The van der Waals surface area contributed by atoms with Gasteiger partial charge in [0.2, 0.25) is 0 Å². The van der Waals surface area contributed by atoms with E-state index in [1.807, 2.05) is 0 Å². The van der Waals surface area contributed by atoms with Crippen molar-refractivity contribution in [3.8, 4) is 22.3 Å². The molecule has 0 bridgehead atoms. The van der Waals surface area contributed by atoms with Crippen molar-refractivity contribution in [3.63, 3.8) is 0 Å². The Hall–Kier alpha value is -4.56. The maximum Gasteiger partial charge on any atom is 0.0498 e. The molecule has 0 heterocycles. The van der Waals surface area contributed by atoms with Gasteiger partial charge >= 0.3 is 0 Å². The minimum atomic E-state index is 0.846. The average Bonchev–Trinajstić information content (AvgIpc) is 3.01. The molecule has 0 aliphatic carbocycles. The maximum atomic E-state index is 2.49. The Morgan fingerprint density at radius 1 is 0.462 bits per heavy atom. The quantitative estimate of drug-likeness (QED) is 0.212. The van der Waals surface area contributed by atoms with E-state index in [4.69, 9.17) is 0 Å². The van der Waals surface area contributed by atoms with Crippen molar-refractivity contribution in [1.82, 2.24) is 0 Å². The van der Waals surface area contributed by atoms with E-state index in [2.05, 4.69) is 158 Å². The first-order valence-electron chi connectivity index (χ1n) is 13.9. The zero-order valence-corrected chi connectivity index (χ0v) is 22.9. The summed E-state index contributed by atoms with van der Waals surface area (Å²) in [6.07, 6.45) is 0. The molecule has 2 nitrogen and oxygen atoms in total. The van der Waals surface area contributed by atoms with Crippen molar-refractivity contribution in [2.45, 2.75) is 13.8 Å². The lowest BCUT2D eigenvalue weighted by molar-refractivity contribution is 0.970. The van der Waals surface area contributed by atoms with E-state index >= 15 is 0 Å². The van der Waals surface area contributed by atoms with Crippen LogP contribution >= 0.6 is 0 Å². The molecule has 39 heavy (non-hydrogen) atoms. The summed E-state index contributed by atoms with van der Waals surface area (Å²) in [6, 6.07) is 46.3. The van der Waals surface area contributed by atoms with E-state index in [9.17, 15) is 0 Å². The molecule has 0 unspecified atom stereocenters. The third kappa shape index (κ3) is 4.42. The summed E-state index contributed by atoms with van der Waals surface area (Å²) in [5.74, 6) is 0. The van der Waals surface area contributed by atoms with Gasteiger partial charge < -0.3 is 9.80 Å². The van der Waals surface area contributed by atoms with Crippen molar-refractivity contribution >= 4 is 38.6 Å². The number of rotatable bonds is 7. The van der Waals surface area contributed by atoms with Crippen LogP contribution in [0, 0.1) is 0 Å². The van der Waals surface area contributed by atoms with E-state index in [1.54, 1.807) is 0 Å². The molecule has 0 atom stereocenters. The number of hydrogen-bond acceptors (Lipinski definition) is 2. The van der Waals surface area contributed by atoms with Crippen LogP contribution < -0.4 is 9.80 Å². The van der Waals surface area contributed by atoms with E-state index in [1.165, 1.54) is 60.9 Å². The molecule has 0 saturated heterocycles. The molecule has 0 radical (unpaired) electrons. The third-order valence-electron chi connectivity index (χ3n) is 7.84. The molecule has 0 spiro atoms. The number of anilines is 3. The zero-order valence-electron chi connectivity index (χ0n) is 22.9. The molecular weight excluding hydrogens is 472 g/mol. The molecule has 0 amide bonds. The highest BCUT2D eigenvalue weighted by atomic mass is 15.1. The topological polar surface area (TPSA) is 6.48 Å². The van der Waals surface area contributed by atoms with Crippen LogP contribution in [0.25, 0.3) is 43.8 Å². The van der Waals surface area contributed by atoms with Gasteiger partial charge in [0.25, 0.3) is 0 Å². The minimum Gasteiger partial charge on any atom is -0.374 e. The molecule has 0 fully saturated rings. The van der Waals surface area contributed by atoms with Crippen LogP contribution in [-0.2, 0) is 0 Å². The first kappa shape index (κ1) is 24.8. The fourth-order valence-electron chi connectivity index (χ4n) is 5.80. The van der Waals surface area contributed by atoms with Crippen LogP contribution in [-0.4, -0.2) is 20.1 Å². The van der Waals surface area contributed by atoms with Crippen LogP contribution in [0.2, 0.25) is 0 Å². The lowest BCUT2D eigenvalue weighted by atomic mass is 9.90. The van der Waals surface area contributed by atoms with Gasteiger partial charge in [-0.1, -0.05) is 109 Å². The van der Waals surface area contributed by atoms with Gasteiger partial charge in [0.1, 0.15) is 0 Å². The first-order valence-corrected chi connectivity index (χ1v) is 13.9. The summed E-state index contributed by atoms with van der Waals surface area (Å²) < 4.78 is 0. The number of para-hydroxylation sites is 1. The normalized spacial score (nSPS) is 11.2. The lowest BCUT2D eigenvalue weighted by Gasteiger charge is -2.31. The van der Waals surface area contributed by atoms with Crippen molar-refractivity contribution in [2.24, 2.45) is 0 Å². The fourth-order valence-corrected chi connectivity index (χ4v) is 5.80. The number of benzene rings is 6. The Morgan fingerprint density at radius 3 is 1.64 bits per heavy atom. The highest BCUT2D eigenvalue weighted by Gasteiger charge is 2.23. The smallest absolute Gasteiger partial charge is 0.0498 e. The monoisotopic (exact) mass is 506 g/mol. The van der Waals surface area contributed by atoms with E-state index < -0.39 is 0 Å². The summed E-state index contributed by atoms with van der Waals surface area (Å²) in [7, 11) is 2.20. The number of fused-ring (bicyclic) bond motifs is 2. The highest BCUT2D eigenvalue weighted by molar-refractivity contribution is 6.14. The number of nitrogens with zero attached hydrogens (tertiary/aromatic N) is 2. The molecule has 0 aliphatic rings. The minimum absolute atomic E-state index is 0.846. The summed E-state index contributed by atoms with van der Waals surface area (Å²) in [5.41, 5.74) is 8.73. The second kappa shape index (κ2) is 10.7. The van der Waals surface area contributed by atoms with Gasteiger partial charge in [-0.15, -0.1) is 0 Å². The van der Waals surface area contributed by atoms with E-state index in [0.717, 1.165) is 13.1 Å². The van der Waals surface area contributed by atoms with Gasteiger partial charge in [-0.2, -0.15) is 0 Å². The van der Waals surface area contributed by atoms with Crippen LogP contribution in [0.4, 0.5) is 17.1 Å². The van der Waals surface area contributed by atoms with Gasteiger partial charge in [0.05, 0.1) is 0 Å². The molecular formula is C37H34N2. The molecule has 0 saturated carbocycles. The Balaban J connectivity index is 1.71. The fraction of sp³-hybridized carbons (Fsp3) is 0.135. The molecule has 2 heteroatoms. The van der Waals surface area contributed by atoms with Crippen LogP contribution in [0.1, 0.15) is 13.8 Å². The Labute approximate surface area is 231 Å². The summed E-state index contributed by atoms with van der Waals surface area (Å²) >= 11 is 0. The maximum absolute atomic E-state index is 2.49. The van der Waals surface area contributed by atoms with Crippen LogP contribution in [0.15, 0.2) is 127 Å². The molecule has 192 valence electrons. The standard InChI is InChI=1S/C37H34N2/c1-4-38(3)34-25-23-28-17-9-11-20-31(28)36(34)37-32-21-12-10-18-29(32)24-26-35(37)39(5-2)33-22-14-13-19-30(33)27-15-7-6-8-16-27/h6-26H,4-5H2,1-3H3. The Bertz CT molecular complexity index is 1750. The van der Waals surface area contributed by atoms with Crippen molar-refractivity contribution in [1.29, 1.82) is 0 Å². The molecule has 0 aliphatic heterocycles. The predicted octanol–water partition coefficient (Wildman–Crippen LogP) is 9.94. The summed E-state index contributed by atoms with van der Waals surface area (Å²) in [6.45, 7) is 6.25. The lowest BCUT2D eigenvalue weighted by Crippen LogP contribution is -2.19. The summed E-state index contributed by atoms with van der Waals surface area (Å²) in [5, 5.41) is 5.06. The first-order chi connectivity index (χ1) is 19.2. The third-order valence-corrected chi connectivity index (χ3v) is 7.84. The molecule has 6 aromatic carbocycles. The van der Waals surface area contributed by atoms with Crippen molar-refractivity contribution in [3.05, 3.63) is 127 Å². The Kier molecular flexibility index (Phi) is 6.77. The number of hydrogen-bond donors (Lipinski definition) is 0. The second-order valence-electron chi connectivity index (χ2n) is 10.0. The average molecular weight is 507 g/mol. The molecule has 0 N–H and O–H groups in total. The second-order valence-corrected chi connectivity index (χ2v) is 10.0. The van der Waals surface area contributed by atoms with Gasteiger partial charge in [-0.3, -0.25) is 0 Å². The van der Waals surface area contributed by atoms with Crippen molar-refractivity contribution < 1.29 is 0 Å². The molecule has 6 rings (SSSR count). The van der Waals surface area contributed by atoms with Gasteiger partial charge in [-0.25, -0.2) is 0 Å². The molecule has 0 aromatic heterocycles. The van der Waals surface area contributed by atoms with Gasteiger partial charge in [0, 0.05) is 53.9 Å². The van der Waals surface area contributed by atoms with E-state index in [0.29, 0.717) is 0 Å². The molecule has 6 aromatic rings. The van der Waals surface area contributed by atoms with Gasteiger partial charge in [0.15, 0.2) is 0 Å².